The van der Waals surface area contributed by atoms with Crippen LogP contribution < -0.4 is 15.2 Å². The molecule has 1 aromatic carbocycles. The number of hydrogen-bond acceptors (Lipinski definition) is 6. The van der Waals surface area contributed by atoms with Crippen LogP contribution in [0.2, 0.25) is 0 Å². The van der Waals surface area contributed by atoms with Gasteiger partial charge >= 0.3 is 0 Å². The Balaban J connectivity index is 2.14. The summed E-state index contributed by atoms with van der Waals surface area (Å²) in [6.07, 6.45) is 0.671. The fraction of sp³-hybridized carbons (Fsp3) is 0.474. The van der Waals surface area contributed by atoms with Crippen LogP contribution in [-0.4, -0.2) is 48.5 Å². The second-order valence-corrected chi connectivity index (χ2v) is 6.33. The number of anilines is 2. The van der Waals surface area contributed by atoms with E-state index in [-0.39, 0.29) is 5.56 Å². The van der Waals surface area contributed by atoms with Crippen LogP contribution in [0.1, 0.15) is 18.2 Å². The Morgan fingerprint density at radius 2 is 1.96 bits per heavy atom. The lowest BCUT2D eigenvalue weighted by atomic mass is 10.2. The molecule has 2 heterocycles. The van der Waals surface area contributed by atoms with Gasteiger partial charge in [-0.3, -0.25) is 19.2 Å². The minimum Gasteiger partial charge on any atom is -0.495 e. The van der Waals surface area contributed by atoms with E-state index in [2.05, 4.69) is 4.90 Å². The lowest BCUT2D eigenvalue weighted by Crippen LogP contribution is -2.48. The SMILES string of the molecule is CCc1c(C)nc2n(c1=O)CN(CCOC)CN2c1ccccc1OC. The van der Waals surface area contributed by atoms with Gasteiger partial charge in [0.15, 0.2) is 0 Å². The summed E-state index contributed by atoms with van der Waals surface area (Å²) in [6, 6.07) is 7.79. The van der Waals surface area contributed by atoms with Gasteiger partial charge in [0.2, 0.25) is 5.95 Å². The number of hydrogen-bond donors (Lipinski definition) is 0. The summed E-state index contributed by atoms with van der Waals surface area (Å²) in [6.45, 7) is 6.33. The molecule has 3 rings (SSSR count). The predicted octanol–water partition coefficient (Wildman–Crippen LogP) is 2.14. The maximum Gasteiger partial charge on any atom is 0.259 e. The zero-order valence-electron chi connectivity index (χ0n) is 15.9. The molecule has 7 nitrogen and oxygen atoms in total. The van der Waals surface area contributed by atoms with Crippen molar-refractivity contribution in [2.45, 2.75) is 26.9 Å². The molecule has 0 bridgehead atoms. The smallest absolute Gasteiger partial charge is 0.259 e. The van der Waals surface area contributed by atoms with Gasteiger partial charge in [-0.05, 0) is 25.5 Å². The van der Waals surface area contributed by atoms with Crippen molar-refractivity contribution in [2.24, 2.45) is 0 Å². The molecule has 0 aliphatic carbocycles. The first-order chi connectivity index (χ1) is 12.6. The molecule has 0 spiro atoms. The van der Waals surface area contributed by atoms with Crippen molar-refractivity contribution in [2.75, 3.05) is 38.9 Å². The molecule has 0 amide bonds. The highest BCUT2D eigenvalue weighted by molar-refractivity contribution is 5.66. The maximum atomic E-state index is 13.0. The average molecular weight is 358 g/mol. The highest BCUT2D eigenvalue weighted by Gasteiger charge is 2.28. The van der Waals surface area contributed by atoms with Gasteiger partial charge < -0.3 is 9.47 Å². The summed E-state index contributed by atoms with van der Waals surface area (Å²) in [5.74, 6) is 1.40. The third-order valence-electron chi connectivity index (χ3n) is 4.71. The van der Waals surface area contributed by atoms with E-state index >= 15 is 0 Å². The van der Waals surface area contributed by atoms with E-state index in [1.54, 1.807) is 18.8 Å². The van der Waals surface area contributed by atoms with Gasteiger partial charge in [-0.15, -0.1) is 0 Å². The van der Waals surface area contributed by atoms with E-state index in [0.29, 0.717) is 32.3 Å². The van der Waals surface area contributed by atoms with Crippen LogP contribution in [0, 0.1) is 6.92 Å². The lowest BCUT2D eigenvalue weighted by molar-refractivity contribution is 0.121. The predicted molar refractivity (Wildman–Crippen MR) is 101 cm³/mol. The van der Waals surface area contributed by atoms with Crippen molar-refractivity contribution in [1.82, 2.24) is 14.5 Å². The number of methoxy groups -OCH3 is 2. The zero-order valence-corrected chi connectivity index (χ0v) is 15.9. The molecular formula is C19H26N4O3. The summed E-state index contributed by atoms with van der Waals surface area (Å²) >= 11 is 0. The summed E-state index contributed by atoms with van der Waals surface area (Å²) in [5.41, 5.74) is 2.47. The number of ether oxygens (including phenoxy) is 2. The lowest BCUT2D eigenvalue weighted by Gasteiger charge is -2.38. The normalized spacial score (nSPS) is 14.4. The highest BCUT2D eigenvalue weighted by Crippen LogP contribution is 2.34. The molecule has 0 saturated carbocycles. The minimum atomic E-state index is 0.0250. The van der Waals surface area contributed by atoms with Crippen molar-refractivity contribution in [3.8, 4) is 5.75 Å². The van der Waals surface area contributed by atoms with Gasteiger partial charge in [-0.2, -0.15) is 0 Å². The first kappa shape index (κ1) is 18.4. The summed E-state index contributed by atoms with van der Waals surface area (Å²) in [4.78, 5) is 22.0. The van der Waals surface area contributed by atoms with E-state index in [1.807, 2.05) is 43.0 Å². The fourth-order valence-electron chi connectivity index (χ4n) is 3.33. The molecule has 1 aliphatic heterocycles. The Morgan fingerprint density at radius 3 is 2.65 bits per heavy atom. The summed E-state index contributed by atoms with van der Waals surface area (Å²) in [5, 5.41) is 0. The summed E-state index contributed by atoms with van der Waals surface area (Å²) < 4.78 is 12.5. The van der Waals surface area contributed by atoms with Crippen molar-refractivity contribution in [1.29, 1.82) is 0 Å². The second kappa shape index (κ2) is 7.88. The van der Waals surface area contributed by atoms with Gasteiger partial charge in [-0.1, -0.05) is 19.1 Å². The average Bonchev–Trinajstić information content (AvgIpc) is 2.66. The molecule has 1 aliphatic rings. The van der Waals surface area contributed by atoms with Gasteiger partial charge in [0.1, 0.15) is 5.75 Å². The molecule has 7 heteroatoms. The molecule has 0 N–H and O–H groups in total. The number of fused-ring (bicyclic) bond motifs is 1. The quantitative estimate of drug-likeness (QED) is 0.788. The Hall–Kier alpha value is -2.38. The molecule has 0 fully saturated rings. The van der Waals surface area contributed by atoms with E-state index in [9.17, 15) is 4.79 Å². The molecule has 0 atom stereocenters. The Labute approximate surface area is 153 Å². The van der Waals surface area contributed by atoms with Gasteiger partial charge in [0.25, 0.3) is 5.56 Å². The van der Waals surface area contributed by atoms with E-state index in [4.69, 9.17) is 14.5 Å². The number of para-hydroxylation sites is 2. The second-order valence-electron chi connectivity index (χ2n) is 6.33. The molecule has 26 heavy (non-hydrogen) atoms. The van der Waals surface area contributed by atoms with Crippen LogP contribution in [-0.2, 0) is 17.8 Å². The van der Waals surface area contributed by atoms with Crippen LogP contribution in [0.4, 0.5) is 11.6 Å². The van der Waals surface area contributed by atoms with Gasteiger partial charge in [0.05, 0.1) is 32.7 Å². The van der Waals surface area contributed by atoms with E-state index in [0.717, 1.165) is 29.2 Å². The van der Waals surface area contributed by atoms with Crippen LogP contribution >= 0.6 is 0 Å². The first-order valence-corrected chi connectivity index (χ1v) is 8.82. The number of aromatic nitrogens is 2. The first-order valence-electron chi connectivity index (χ1n) is 8.82. The monoisotopic (exact) mass is 358 g/mol. The third kappa shape index (κ3) is 3.32. The molecular weight excluding hydrogens is 332 g/mol. The molecule has 0 saturated heterocycles. The van der Waals surface area contributed by atoms with Crippen molar-refractivity contribution < 1.29 is 9.47 Å². The standard InChI is InChI=1S/C19H26N4O3/c1-5-15-14(2)20-19-22(16-8-6-7-9-17(16)26-4)12-21(10-11-25-3)13-23(19)18(15)24/h6-9H,5,10-13H2,1-4H3. The number of benzene rings is 1. The van der Waals surface area contributed by atoms with Crippen LogP contribution in [0.25, 0.3) is 0 Å². The number of aryl methyl sites for hydroxylation is 1. The van der Waals surface area contributed by atoms with Gasteiger partial charge in [-0.25, -0.2) is 4.98 Å². The molecule has 0 radical (unpaired) electrons. The third-order valence-corrected chi connectivity index (χ3v) is 4.71. The molecule has 140 valence electrons. The number of rotatable bonds is 6. The Bertz CT molecular complexity index is 834. The fourth-order valence-corrected chi connectivity index (χ4v) is 3.33. The van der Waals surface area contributed by atoms with Crippen LogP contribution in [0.5, 0.6) is 5.75 Å². The highest BCUT2D eigenvalue weighted by atomic mass is 16.5. The Kier molecular flexibility index (Phi) is 5.58. The van der Waals surface area contributed by atoms with Crippen molar-refractivity contribution >= 4 is 11.6 Å². The Morgan fingerprint density at radius 1 is 1.19 bits per heavy atom. The van der Waals surface area contributed by atoms with Crippen LogP contribution in [0.15, 0.2) is 29.1 Å². The largest absolute Gasteiger partial charge is 0.495 e. The zero-order chi connectivity index (χ0) is 18.7. The van der Waals surface area contributed by atoms with Crippen molar-refractivity contribution in [3.05, 3.63) is 45.9 Å². The molecule has 2 aromatic rings. The van der Waals surface area contributed by atoms with Crippen LogP contribution in [0.3, 0.4) is 0 Å². The topological polar surface area (TPSA) is 59.8 Å². The van der Waals surface area contributed by atoms with Gasteiger partial charge in [0, 0.05) is 24.9 Å². The minimum absolute atomic E-state index is 0.0250. The summed E-state index contributed by atoms with van der Waals surface area (Å²) in [7, 11) is 3.33. The number of nitrogens with zero attached hydrogens (tertiary/aromatic N) is 4. The molecule has 1 aromatic heterocycles. The van der Waals surface area contributed by atoms with Crippen molar-refractivity contribution in [3.63, 3.8) is 0 Å². The van der Waals surface area contributed by atoms with E-state index in [1.165, 1.54) is 0 Å². The van der Waals surface area contributed by atoms with E-state index < -0.39 is 0 Å². The molecule has 0 unspecified atom stereocenters. The maximum absolute atomic E-state index is 13.0.